The number of para-hydroxylation sites is 2. The molecule has 4 aromatic rings. The summed E-state index contributed by atoms with van der Waals surface area (Å²) in [7, 11) is -3.89. The molecule has 1 aromatic heterocycles. The maximum Gasteiger partial charge on any atom is 0.263 e. The second kappa shape index (κ2) is 8.82. The van der Waals surface area contributed by atoms with E-state index in [1.807, 2.05) is 37.3 Å². The highest BCUT2D eigenvalue weighted by molar-refractivity contribution is 7.95. The van der Waals surface area contributed by atoms with Gasteiger partial charge >= 0.3 is 0 Å². The molecule has 0 bridgehead atoms. The number of sulfonamides is 1. The maximum absolute atomic E-state index is 12.1. The number of anilines is 3. The molecule has 0 spiro atoms. The second-order valence-electron chi connectivity index (χ2n) is 7.01. The van der Waals surface area contributed by atoms with Gasteiger partial charge in [0.1, 0.15) is 11.0 Å². The summed E-state index contributed by atoms with van der Waals surface area (Å²) in [5.41, 5.74) is 3.72. The van der Waals surface area contributed by atoms with Crippen LogP contribution in [-0.2, 0) is 10.0 Å². The molecule has 32 heavy (non-hydrogen) atoms. The van der Waals surface area contributed by atoms with Crippen LogP contribution in [0.25, 0.3) is 22.0 Å². The third-order valence-corrected chi connectivity index (χ3v) is 7.46. The zero-order valence-electron chi connectivity index (χ0n) is 16.8. The van der Waals surface area contributed by atoms with Gasteiger partial charge in [0.05, 0.1) is 16.9 Å². The van der Waals surface area contributed by atoms with Gasteiger partial charge in [-0.05, 0) is 36.2 Å². The van der Waals surface area contributed by atoms with E-state index in [0.29, 0.717) is 20.6 Å². The Bertz CT molecular complexity index is 1410. The second-order valence-corrected chi connectivity index (χ2v) is 9.96. The summed E-state index contributed by atoms with van der Waals surface area (Å²) < 4.78 is 24.7. The van der Waals surface area contributed by atoms with E-state index < -0.39 is 15.2 Å². The average Bonchev–Trinajstić information content (AvgIpc) is 2.79. The van der Waals surface area contributed by atoms with Gasteiger partial charge in [-0.15, -0.1) is 11.6 Å². The van der Waals surface area contributed by atoms with Crippen LogP contribution in [0.5, 0.6) is 5.75 Å². The number of nitrogens with zero attached hydrogens (tertiary/aromatic N) is 3. The molecule has 3 aromatic carbocycles. The van der Waals surface area contributed by atoms with E-state index in [4.69, 9.17) is 23.4 Å². The van der Waals surface area contributed by atoms with Gasteiger partial charge in [-0.25, -0.2) is 18.4 Å². The fourth-order valence-corrected chi connectivity index (χ4v) is 4.55. The molecule has 0 aliphatic heterocycles. The Hall–Kier alpha value is -3.07. The summed E-state index contributed by atoms with van der Waals surface area (Å²) in [6, 6.07) is 17.7. The molecule has 1 heterocycles. The number of aromatic nitrogens is 2. The predicted octanol–water partition coefficient (Wildman–Crippen LogP) is 5.54. The Morgan fingerprint density at radius 3 is 2.53 bits per heavy atom. The lowest BCUT2D eigenvalue weighted by Gasteiger charge is -2.18. The lowest BCUT2D eigenvalue weighted by Crippen LogP contribution is -2.22. The predicted molar refractivity (Wildman–Crippen MR) is 129 cm³/mol. The van der Waals surface area contributed by atoms with E-state index in [0.717, 1.165) is 16.5 Å². The Balaban J connectivity index is 1.71. The average molecular weight is 489 g/mol. The van der Waals surface area contributed by atoms with Gasteiger partial charge in [0.2, 0.25) is 5.95 Å². The van der Waals surface area contributed by atoms with Gasteiger partial charge in [0.15, 0.2) is 0 Å². The molecule has 0 aliphatic carbocycles. The number of alkyl halides is 1. The maximum atomic E-state index is 12.1. The first-order chi connectivity index (χ1) is 15.3. The summed E-state index contributed by atoms with van der Waals surface area (Å²) in [4.78, 5) is 8.78. The van der Waals surface area contributed by atoms with Crippen LogP contribution in [0.3, 0.4) is 0 Å². The number of fused-ring (bicyclic) bond motifs is 1. The Kier molecular flexibility index (Phi) is 6.10. The van der Waals surface area contributed by atoms with E-state index in [1.165, 1.54) is 6.07 Å². The molecular formula is C22H18Cl2N4O3S. The first kappa shape index (κ1) is 22.1. The molecule has 164 valence electrons. The van der Waals surface area contributed by atoms with Crippen molar-refractivity contribution >= 4 is 61.6 Å². The quantitative estimate of drug-likeness (QED) is 0.273. The number of rotatable bonds is 6. The van der Waals surface area contributed by atoms with Gasteiger partial charge in [0, 0.05) is 35.0 Å². The molecule has 10 heteroatoms. The number of benzene rings is 3. The summed E-state index contributed by atoms with van der Waals surface area (Å²) >= 11 is 11.5. The topological polar surface area (TPSA) is 95.4 Å². The standard InChI is InChI=1S/C22H18Cl2N4O3S/c1-14-6-2-3-7-16(14)17-10-15-12-25-22(27-19(15)11-21(17)29)26-18-8-4-5-9-20(18)28(24)32(30,31)13-23/h2-12,29H,13H2,1H3,(H,25,26,27). The number of nitrogens with one attached hydrogen (secondary N) is 1. The first-order valence-electron chi connectivity index (χ1n) is 9.47. The van der Waals surface area contributed by atoms with Crippen LogP contribution in [0.15, 0.2) is 66.9 Å². The van der Waals surface area contributed by atoms with Crippen molar-refractivity contribution in [1.29, 1.82) is 0 Å². The zero-order valence-corrected chi connectivity index (χ0v) is 19.2. The van der Waals surface area contributed by atoms with Crippen LogP contribution in [0.2, 0.25) is 0 Å². The SMILES string of the molecule is Cc1ccccc1-c1cc2cnc(Nc3ccccc3N(Cl)S(=O)(=O)CCl)nc2cc1O. The van der Waals surface area contributed by atoms with Crippen LogP contribution in [-0.4, -0.2) is 28.7 Å². The van der Waals surface area contributed by atoms with Crippen molar-refractivity contribution in [3.8, 4) is 16.9 Å². The van der Waals surface area contributed by atoms with E-state index in [-0.39, 0.29) is 17.4 Å². The number of phenolic OH excluding ortho intramolecular Hbond substituents is 1. The monoisotopic (exact) mass is 488 g/mol. The highest BCUT2D eigenvalue weighted by Gasteiger charge is 2.22. The Labute approximate surface area is 195 Å². The van der Waals surface area contributed by atoms with E-state index in [9.17, 15) is 13.5 Å². The molecule has 0 radical (unpaired) electrons. The lowest BCUT2D eigenvalue weighted by molar-refractivity contribution is 0.478. The molecule has 0 unspecified atom stereocenters. The smallest absolute Gasteiger partial charge is 0.263 e. The van der Waals surface area contributed by atoms with Gasteiger partial charge in [-0.1, -0.05) is 36.4 Å². The van der Waals surface area contributed by atoms with Crippen molar-refractivity contribution in [3.63, 3.8) is 0 Å². The molecule has 0 saturated carbocycles. The van der Waals surface area contributed by atoms with Crippen molar-refractivity contribution in [3.05, 3.63) is 72.4 Å². The summed E-state index contributed by atoms with van der Waals surface area (Å²) in [6.45, 7) is 1.98. The summed E-state index contributed by atoms with van der Waals surface area (Å²) in [5.74, 6) is 0.304. The number of hydrogen-bond donors (Lipinski definition) is 2. The third kappa shape index (κ3) is 4.29. The molecule has 0 aliphatic rings. The first-order valence-corrected chi connectivity index (χ1v) is 11.9. The van der Waals surface area contributed by atoms with Gasteiger partial charge in [-0.3, -0.25) is 0 Å². The lowest BCUT2D eigenvalue weighted by atomic mass is 9.98. The zero-order chi connectivity index (χ0) is 22.9. The van der Waals surface area contributed by atoms with Crippen molar-refractivity contribution in [1.82, 2.24) is 9.97 Å². The molecular weight excluding hydrogens is 471 g/mol. The Morgan fingerprint density at radius 1 is 1.06 bits per heavy atom. The molecule has 0 amide bonds. The number of hydrogen-bond acceptors (Lipinski definition) is 6. The number of aromatic hydroxyl groups is 1. The minimum Gasteiger partial charge on any atom is -0.507 e. The summed E-state index contributed by atoms with van der Waals surface area (Å²) in [5, 5.41) is 13.7. The van der Waals surface area contributed by atoms with Crippen LogP contribution in [0.4, 0.5) is 17.3 Å². The fourth-order valence-electron chi connectivity index (χ4n) is 3.26. The van der Waals surface area contributed by atoms with Gasteiger partial charge < -0.3 is 10.4 Å². The van der Waals surface area contributed by atoms with Crippen LogP contribution in [0, 0.1) is 6.92 Å². The van der Waals surface area contributed by atoms with Crippen molar-refractivity contribution in [2.24, 2.45) is 0 Å². The van der Waals surface area contributed by atoms with Crippen molar-refractivity contribution in [2.45, 2.75) is 6.92 Å². The number of aryl methyl sites for hydroxylation is 1. The fraction of sp³-hybridized carbons (Fsp3) is 0.0909. The normalized spacial score (nSPS) is 11.5. The molecule has 4 rings (SSSR count). The Morgan fingerprint density at radius 2 is 1.78 bits per heavy atom. The van der Waals surface area contributed by atoms with E-state index in [1.54, 1.807) is 30.5 Å². The van der Waals surface area contributed by atoms with Gasteiger partial charge in [-0.2, -0.15) is 3.82 Å². The third-order valence-electron chi connectivity index (χ3n) is 4.85. The molecule has 0 saturated heterocycles. The van der Waals surface area contributed by atoms with Gasteiger partial charge in [0.25, 0.3) is 10.0 Å². The molecule has 7 nitrogen and oxygen atoms in total. The summed E-state index contributed by atoms with van der Waals surface area (Å²) in [6.07, 6.45) is 1.63. The molecule has 0 fully saturated rings. The van der Waals surface area contributed by atoms with Crippen molar-refractivity contribution < 1.29 is 13.5 Å². The molecule has 0 atom stereocenters. The van der Waals surface area contributed by atoms with Crippen molar-refractivity contribution in [2.75, 3.05) is 14.4 Å². The highest BCUT2D eigenvalue weighted by Crippen LogP contribution is 2.35. The van der Waals surface area contributed by atoms with Crippen LogP contribution < -0.4 is 9.14 Å². The minimum atomic E-state index is -3.89. The molecule has 2 N–H and O–H groups in total. The van der Waals surface area contributed by atoms with E-state index >= 15 is 0 Å². The van der Waals surface area contributed by atoms with E-state index in [2.05, 4.69) is 15.3 Å². The number of phenols is 1. The highest BCUT2D eigenvalue weighted by atomic mass is 35.5. The largest absolute Gasteiger partial charge is 0.507 e. The number of halogens is 2. The van der Waals surface area contributed by atoms with Crippen LogP contribution >= 0.6 is 23.4 Å². The van der Waals surface area contributed by atoms with Crippen LogP contribution in [0.1, 0.15) is 5.56 Å². The minimum absolute atomic E-state index is 0.0944.